The molecule has 8 atom stereocenters. The third-order valence-electron chi connectivity index (χ3n) is 9.43. The van der Waals surface area contributed by atoms with Gasteiger partial charge in [0, 0.05) is 0 Å². The Morgan fingerprint density at radius 3 is 1.78 bits per heavy atom. The highest BCUT2D eigenvalue weighted by Gasteiger charge is 2.48. The first-order valence-electron chi connectivity index (χ1n) is 19.7. The van der Waals surface area contributed by atoms with E-state index < -0.39 is 78.5 Å². The highest BCUT2D eigenvalue weighted by atomic mass is 32.3. The monoisotopic (exact) mass is 753 g/mol. The van der Waals surface area contributed by atoms with Crippen molar-refractivity contribution in [1.29, 1.82) is 0 Å². The number of unbranched alkanes of at least 4 members (excludes halogenated alkanes) is 17. The largest absolute Gasteiger partial charge is 0.397 e. The zero-order valence-electron chi connectivity index (χ0n) is 31.3. The minimum absolute atomic E-state index is 0.231. The van der Waals surface area contributed by atoms with Crippen LogP contribution in [0.15, 0.2) is 12.2 Å². The first-order valence-corrected chi connectivity index (χ1v) is 21.0. The topological polar surface area (TPSA) is 212 Å². The van der Waals surface area contributed by atoms with E-state index in [4.69, 9.17) is 14.0 Å². The molecule has 0 aromatic rings. The molecule has 1 aliphatic heterocycles. The lowest BCUT2D eigenvalue weighted by atomic mass is 9.99. The molecule has 8 unspecified atom stereocenters. The van der Waals surface area contributed by atoms with E-state index in [1.807, 2.05) is 0 Å². The highest BCUT2D eigenvalue weighted by molar-refractivity contribution is 7.80. The van der Waals surface area contributed by atoms with Gasteiger partial charge >= 0.3 is 10.4 Å². The number of nitrogens with one attached hydrogen (secondary N) is 1. The fourth-order valence-electron chi connectivity index (χ4n) is 6.22. The van der Waals surface area contributed by atoms with Gasteiger partial charge in [-0.3, -0.25) is 9.35 Å². The fourth-order valence-corrected chi connectivity index (χ4v) is 6.73. The lowest BCUT2D eigenvalue weighted by Crippen LogP contribution is -2.61. The van der Waals surface area contributed by atoms with Gasteiger partial charge in [0.1, 0.15) is 30.5 Å². The van der Waals surface area contributed by atoms with Crippen LogP contribution in [0.2, 0.25) is 0 Å². The summed E-state index contributed by atoms with van der Waals surface area (Å²) in [7, 11) is -5.10. The van der Waals surface area contributed by atoms with Crippen LogP contribution in [0.4, 0.5) is 0 Å². The number of aliphatic hydroxyl groups excluding tert-OH is 5. The maximum absolute atomic E-state index is 13.0. The molecular weight excluding hydrogens is 682 g/mol. The van der Waals surface area contributed by atoms with Gasteiger partial charge in [-0.15, -0.1) is 0 Å². The second-order valence-corrected chi connectivity index (χ2v) is 15.1. The van der Waals surface area contributed by atoms with E-state index in [-0.39, 0.29) is 6.42 Å². The molecule has 1 amide bonds. The number of ether oxygens (including phenoxy) is 2. The zero-order chi connectivity index (χ0) is 37.9. The van der Waals surface area contributed by atoms with Gasteiger partial charge in [-0.1, -0.05) is 129 Å². The van der Waals surface area contributed by atoms with Crippen molar-refractivity contribution < 1.29 is 57.0 Å². The molecule has 302 valence electrons. The van der Waals surface area contributed by atoms with E-state index in [9.17, 15) is 38.7 Å². The quantitative estimate of drug-likeness (QED) is 0.0274. The van der Waals surface area contributed by atoms with E-state index in [2.05, 4.69) is 35.5 Å². The molecule has 51 heavy (non-hydrogen) atoms. The number of aliphatic hydroxyl groups is 5. The third-order valence-corrected chi connectivity index (χ3v) is 9.90. The normalized spacial score (nSPS) is 23.0. The molecule has 1 fully saturated rings. The van der Waals surface area contributed by atoms with Crippen LogP contribution in [0, 0.1) is 0 Å². The molecule has 14 heteroatoms. The van der Waals surface area contributed by atoms with Crippen molar-refractivity contribution in [3.05, 3.63) is 12.2 Å². The molecule has 0 aromatic heterocycles. The molecule has 1 rings (SSSR count). The molecule has 1 saturated heterocycles. The molecule has 13 nitrogen and oxygen atoms in total. The van der Waals surface area contributed by atoms with Crippen LogP contribution in [0.25, 0.3) is 0 Å². The van der Waals surface area contributed by atoms with Gasteiger partial charge < -0.3 is 40.3 Å². The summed E-state index contributed by atoms with van der Waals surface area (Å²) in [5, 5.41) is 54.9. The summed E-state index contributed by atoms with van der Waals surface area (Å²) in [6, 6.07) is -1.04. The maximum Gasteiger partial charge on any atom is 0.397 e. The molecule has 0 aromatic carbocycles. The molecule has 0 bridgehead atoms. The predicted molar refractivity (Wildman–Crippen MR) is 196 cm³/mol. The Kier molecular flexibility index (Phi) is 27.4. The van der Waals surface area contributed by atoms with Crippen molar-refractivity contribution >= 4 is 16.3 Å². The van der Waals surface area contributed by atoms with Gasteiger partial charge in [-0.25, -0.2) is 4.18 Å². The predicted octanol–water partition coefficient (Wildman–Crippen LogP) is 5.01. The maximum atomic E-state index is 13.0. The first kappa shape index (κ1) is 47.8. The van der Waals surface area contributed by atoms with E-state index in [0.717, 1.165) is 38.5 Å². The number of hydrogen-bond acceptors (Lipinski definition) is 11. The SMILES string of the molecule is CCCCCCCC/C=C\CCCCC(O)C(=O)NC(COC1OC(CO)C(O)C(OS(=O)(=O)O)C1O)C(O)CCCCCCCCCCCC. The average Bonchev–Trinajstić information content (AvgIpc) is 3.09. The van der Waals surface area contributed by atoms with E-state index in [0.29, 0.717) is 19.3 Å². The fraction of sp³-hybridized carbons (Fsp3) is 0.919. The van der Waals surface area contributed by atoms with E-state index in [1.165, 1.54) is 77.0 Å². The van der Waals surface area contributed by atoms with E-state index >= 15 is 0 Å². The molecule has 1 heterocycles. The molecule has 0 aliphatic carbocycles. The molecule has 0 spiro atoms. The van der Waals surface area contributed by atoms with Crippen LogP contribution in [-0.4, -0.2) is 107 Å². The Bertz CT molecular complexity index is 1000. The minimum atomic E-state index is -5.10. The van der Waals surface area contributed by atoms with Crippen LogP contribution < -0.4 is 5.32 Å². The Balaban J connectivity index is 2.69. The van der Waals surface area contributed by atoms with Gasteiger partial charge in [0.15, 0.2) is 6.29 Å². The van der Waals surface area contributed by atoms with Crippen molar-refractivity contribution in [3.63, 3.8) is 0 Å². The number of allylic oxidation sites excluding steroid dienone is 2. The summed E-state index contributed by atoms with van der Waals surface area (Å²) < 4.78 is 47.3. The van der Waals surface area contributed by atoms with E-state index in [1.54, 1.807) is 0 Å². The van der Waals surface area contributed by atoms with Crippen LogP contribution in [0.1, 0.15) is 155 Å². The molecule has 0 saturated carbocycles. The van der Waals surface area contributed by atoms with Crippen molar-refractivity contribution in [2.45, 2.75) is 204 Å². The summed E-state index contributed by atoms with van der Waals surface area (Å²) in [5.74, 6) is -0.689. The first-order chi connectivity index (χ1) is 24.4. The second kappa shape index (κ2) is 29.2. The number of carbonyl (C=O) groups is 1. The van der Waals surface area contributed by atoms with Gasteiger partial charge in [0.25, 0.3) is 0 Å². The average molecular weight is 754 g/mol. The lowest BCUT2D eigenvalue weighted by molar-refractivity contribution is -0.298. The third kappa shape index (κ3) is 22.6. The molecule has 7 N–H and O–H groups in total. The van der Waals surface area contributed by atoms with Crippen LogP contribution in [-0.2, 0) is 28.9 Å². The van der Waals surface area contributed by atoms with Gasteiger partial charge in [-0.05, 0) is 38.5 Å². The lowest BCUT2D eigenvalue weighted by Gasteiger charge is -2.41. The number of amides is 1. The summed E-state index contributed by atoms with van der Waals surface area (Å²) >= 11 is 0. The van der Waals surface area contributed by atoms with Crippen LogP contribution in [0.5, 0.6) is 0 Å². The zero-order valence-corrected chi connectivity index (χ0v) is 32.1. The Morgan fingerprint density at radius 1 is 0.765 bits per heavy atom. The Hall–Kier alpha value is -1.20. The smallest absolute Gasteiger partial charge is 0.394 e. The summed E-state index contributed by atoms with van der Waals surface area (Å²) in [6.07, 6.45) is 15.7. The summed E-state index contributed by atoms with van der Waals surface area (Å²) in [6.45, 7) is 3.19. The number of hydrogen-bond donors (Lipinski definition) is 7. The van der Waals surface area contributed by atoms with Crippen molar-refractivity contribution in [2.75, 3.05) is 13.2 Å². The van der Waals surface area contributed by atoms with Crippen LogP contribution >= 0.6 is 0 Å². The van der Waals surface area contributed by atoms with Crippen molar-refractivity contribution in [3.8, 4) is 0 Å². The van der Waals surface area contributed by atoms with Crippen molar-refractivity contribution in [1.82, 2.24) is 5.32 Å². The minimum Gasteiger partial charge on any atom is -0.394 e. The second-order valence-electron chi connectivity index (χ2n) is 14.0. The number of carbonyl (C=O) groups excluding carboxylic acids is 1. The van der Waals surface area contributed by atoms with Gasteiger partial charge in [-0.2, -0.15) is 8.42 Å². The molecular formula is C37H71NO12S. The highest BCUT2D eigenvalue weighted by Crippen LogP contribution is 2.26. The summed E-state index contributed by atoms with van der Waals surface area (Å²) in [4.78, 5) is 13.0. The van der Waals surface area contributed by atoms with Gasteiger partial charge in [0.2, 0.25) is 5.91 Å². The number of rotatable bonds is 32. The Labute approximate surface area is 307 Å². The molecule has 1 aliphatic rings. The summed E-state index contributed by atoms with van der Waals surface area (Å²) in [5.41, 5.74) is 0. The standard InChI is InChI=1S/C37H71NO12S/c1-3-5-7-9-11-13-15-16-18-20-22-24-26-31(41)36(44)38-29(30(40)25-23-21-19-17-14-12-10-8-6-4-2)28-48-37-34(43)35(50-51(45,46)47)33(42)32(27-39)49-37/h16,18,29-35,37,39-43H,3-15,17,19-28H2,1-2H3,(H,38,44)(H,45,46,47)/b18-16-. The van der Waals surface area contributed by atoms with Crippen molar-refractivity contribution in [2.24, 2.45) is 0 Å². The molecule has 0 radical (unpaired) electrons. The van der Waals surface area contributed by atoms with Gasteiger partial charge in [0.05, 0.1) is 25.4 Å². The Morgan fingerprint density at radius 2 is 1.25 bits per heavy atom. The van der Waals surface area contributed by atoms with Crippen LogP contribution in [0.3, 0.4) is 0 Å².